The Morgan fingerprint density at radius 3 is 1.56 bits per heavy atom. The fraction of sp³-hybridized carbons (Fsp3) is 0.647. The molecule has 1 nitrogen and oxygen atoms in total. The van der Waals surface area contributed by atoms with Gasteiger partial charge in [0, 0.05) is 0 Å². The number of aryl methyl sites for hydroxylation is 1. The molecule has 0 aliphatic heterocycles. The highest BCUT2D eigenvalue weighted by Gasteiger charge is 1.80. The van der Waals surface area contributed by atoms with E-state index in [-0.39, 0.29) is 0 Å². The van der Waals surface area contributed by atoms with E-state index >= 15 is 0 Å². The summed E-state index contributed by atoms with van der Waals surface area (Å²) in [6, 6.07) is 10.5. The summed E-state index contributed by atoms with van der Waals surface area (Å²) in [5, 5.41) is 0. The number of hydrogen-bond donors (Lipinski definition) is 1. The lowest BCUT2D eigenvalue weighted by Gasteiger charge is -1.89. The van der Waals surface area contributed by atoms with Crippen LogP contribution in [-0.4, -0.2) is 6.54 Å². The topological polar surface area (TPSA) is 26.0 Å². The summed E-state index contributed by atoms with van der Waals surface area (Å²) in [6.07, 6.45) is 4.89. The number of benzene rings is 1. The molecule has 0 saturated heterocycles. The minimum absolute atomic E-state index is 0.855. The average molecular weight is 253 g/mol. The van der Waals surface area contributed by atoms with Gasteiger partial charge in [-0.3, -0.25) is 0 Å². The maximum atomic E-state index is 5.21. The predicted octanol–water partition coefficient (Wildman–Crippen LogP) is 5.44. The van der Waals surface area contributed by atoms with E-state index < -0.39 is 0 Å². The molecule has 0 fully saturated rings. The van der Waals surface area contributed by atoms with Crippen LogP contribution in [0.25, 0.3) is 0 Å². The molecule has 0 radical (unpaired) electrons. The van der Waals surface area contributed by atoms with Gasteiger partial charge < -0.3 is 5.73 Å². The van der Waals surface area contributed by atoms with Gasteiger partial charge in [0.1, 0.15) is 0 Å². The van der Waals surface area contributed by atoms with E-state index in [1.165, 1.54) is 24.8 Å². The summed E-state index contributed by atoms with van der Waals surface area (Å²) in [5.41, 5.74) is 6.62. The number of rotatable bonds is 4. The maximum Gasteiger partial charge on any atom is -0.00773 e. The van der Waals surface area contributed by atoms with Gasteiger partial charge in [-0.15, -0.1) is 0 Å². The van der Waals surface area contributed by atoms with Crippen LogP contribution in [-0.2, 0) is 6.42 Å². The van der Waals surface area contributed by atoms with Gasteiger partial charge in [-0.05, 0) is 24.9 Å². The number of unbranched alkanes of at least 4 members (excludes halogenated alkanes) is 2. The van der Waals surface area contributed by atoms with E-state index in [4.69, 9.17) is 5.73 Å². The lowest BCUT2D eigenvalue weighted by Crippen LogP contribution is -1.96. The molecule has 0 aliphatic rings. The van der Waals surface area contributed by atoms with Crippen LogP contribution in [0.2, 0.25) is 0 Å². The summed E-state index contributed by atoms with van der Waals surface area (Å²) in [7, 11) is 0. The quantitative estimate of drug-likeness (QED) is 0.711. The zero-order chi connectivity index (χ0) is 14.6. The molecular weight excluding hydrogens is 218 g/mol. The van der Waals surface area contributed by atoms with Crippen LogP contribution in [0.3, 0.4) is 0 Å². The van der Waals surface area contributed by atoms with Gasteiger partial charge in [0.15, 0.2) is 0 Å². The van der Waals surface area contributed by atoms with E-state index in [0.717, 1.165) is 13.0 Å². The molecule has 0 amide bonds. The first-order valence-electron chi connectivity index (χ1n) is 7.59. The fourth-order valence-corrected chi connectivity index (χ4v) is 1.11. The second-order valence-electron chi connectivity index (χ2n) is 3.33. The van der Waals surface area contributed by atoms with Gasteiger partial charge in [0.2, 0.25) is 0 Å². The van der Waals surface area contributed by atoms with Crippen LogP contribution in [0.4, 0.5) is 0 Å². The smallest absolute Gasteiger partial charge is 0.00773 e. The minimum atomic E-state index is 0.855. The Labute approximate surface area is 116 Å². The van der Waals surface area contributed by atoms with Crippen molar-refractivity contribution in [3.8, 4) is 0 Å². The molecule has 0 atom stereocenters. The first-order valence-corrected chi connectivity index (χ1v) is 7.59. The molecule has 108 valence electrons. The third-order valence-corrected chi connectivity index (χ3v) is 2.06. The van der Waals surface area contributed by atoms with E-state index in [2.05, 4.69) is 38.1 Å². The van der Waals surface area contributed by atoms with Crippen molar-refractivity contribution >= 4 is 0 Å². The minimum Gasteiger partial charge on any atom is -0.330 e. The summed E-state index contributed by atoms with van der Waals surface area (Å²) in [4.78, 5) is 0. The molecule has 18 heavy (non-hydrogen) atoms. The van der Waals surface area contributed by atoms with Crippen molar-refractivity contribution in [2.75, 3.05) is 6.54 Å². The molecule has 2 N–H and O–H groups in total. The highest BCUT2D eigenvalue weighted by atomic mass is 14.5. The van der Waals surface area contributed by atoms with Crippen molar-refractivity contribution in [2.24, 2.45) is 5.73 Å². The molecule has 1 aromatic rings. The molecular formula is C17H35N. The van der Waals surface area contributed by atoms with Crippen molar-refractivity contribution in [3.63, 3.8) is 0 Å². The second kappa shape index (κ2) is 25.1. The zero-order valence-corrected chi connectivity index (χ0v) is 13.5. The molecule has 0 saturated carbocycles. The molecule has 0 aromatic heterocycles. The van der Waals surface area contributed by atoms with E-state index in [1.807, 2.05) is 33.8 Å². The fourth-order valence-electron chi connectivity index (χ4n) is 1.11. The van der Waals surface area contributed by atoms with Crippen LogP contribution in [0.15, 0.2) is 30.3 Å². The third-order valence-electron chi connectivity index (χ3n) is 2.06. The lowest BCUT2D eigenvalue weighted by molar-refractivity contribution is 0.727. The molecule has 1 aromatic carbocycles. The lowest BCUT2D eigenvalue weighted by atomic mass is 10.2. The first-order chi connectivity index (χ1) is 8.85. The van der Waals surface area contributed by atoms with E-state index in [1.54, 1.807) is 0 Å². The van der Waals surface area contributed by atoms with E-state index in [9.17, 15) is 0 Å². The van der Waals surface area contributed by atoms with Gasteiger partial charge in [-0.25, -0.2) is 0 Å². The Morgan fingerprint density at radius 1 is 0.833 bits per heavy atom. The normalized spacial score (nSPS) is 7.72. The van der Waals surface area contributed by atoms with Gasteiger partial charge >= 0.3 is 0 Å². The largest absolute Gasteiger partial charge is 0.330 e. The Hall–Kier alpha value is -0.820. The average Bonchev–Trinajstić information content (AvgIpc) is 2.50. The Bertz CT molecular complexity index is 190. The van der Waals surface area contributed by atoms with Crippen LogP contribution < -0.4 is 5.73 Å². The third kappa shape index (κ3) is 20.6. The monoisotopic (exact) mass is 253 g/mol. The predicted molar refractivity (Wildman–Crippen MR) is 87.1 cm³/mol. The van der Waals surface area contributed by atoms with Crippen LogP contribution >= 0.6 is 0 Å². The Kier molecular flexibility index (Phi) is 31.2. The van der Waals surface area contributed by atoms with Gasteiger partial charge in [0.05, 0.1) is 0 Å². The molecule has 1 rings (SSSR count). The summed E-state index contributed by atoms with van der Waals surface area (Å²) < 4.78 is 0. The van der Waals surface area contributed by atoms with Crippen molar-refractivity contribution in [1.82, 2.24) is 0 Å². The Balaban J connectivity index is -0.000000201. The van der Waals surface area contributed by atoms with Crippen molar-refractivity contribution < 1.29 is 0 Å². The molecule has 0 aliphatic carbocycles. The van der Waals surface area contributed by atoms with Gasteiger partial charge in [0.25, 0.3) is 0 Å². The molecule has 0 heterocycles. The van der Waals surface area contributed by atoms with Gasteiger partial charge in [-0.2, -0.15) is 0 Å². The van der Waals surface area contributed by atoms with Crippen molar-refractivity contribution in [2.45, 2.75) is 67.2 Å². The number of nitrogens with two attached hydrogens (primary N) is 1. The van der Waals surface area contributed by atoms with Crippen LogP contribution in [0.5, 0.6) is 0 Å². The summed E-state index contributed by atoms with van der Waals surface area (Å²) in [6.45, 7) is 13.2. The highest BCUT2D eigenvalue weighted by Crippen LogP contribution is 1.96. The zero-order valence-electron chi connectivity index (χ0n) is 13.5. The SMILES string of the molecule is CC.CC.CCCCCN.CCc1ccccc1. The van der Waals surface area contributed by atoms with Gasteiger partial charge in [-0.1, -0.05) is 84.7 Å². The Morgan fingerprint density at radius 2 is 1.33 bits per heavy atom. The van der Waals surface area contributed by atoms with E-state index in [0.29, 0.717) is 0 Å². The molecule has 0 unspecified atom stereocenters. The maximum absolute atomic E-state index is 5.21. The molecule has 1 heteroatoms. The van der Waals surface area contributed by atoms with Crippen molar-refractivity contribution in [1.29, 1.82) is 0 Å². The number of hydrogen-bond acceptors (Lipinski definition) is 1. The molecule has 0 bridgehead atoms. The molecule has 0 spiro atoms. The van der Waals surface area contributed by atoms with Crippen LogP contribution in [0, 0.1) is 0 Å². The first kappa shape index (κ1) is 22.4. The second-order valence-corrected chi connectivity index (χ2v) is 3.33. The highest BCUT2D eigenvalue weighted by molar-refractivity contribution is 5.13. The summed E-state index contributed by atoms with van der Waals surface area (Å²) >= 11 is 0. The standard InChI is InChI=1S/C8H10.C5H13N.2C2H6/c1-2-8-6-4-3-5-7-8;1-2-3-4-5-6;2*1-2/h3-7H,2H2,1H3;2-6H2,1H3;2*1-2H3. The van der Waals surface area contributed by atoms with Crippen molar-refractivity contribution in [3.05, 3.63) is 35.9 Å². The summed E-state index contributed by atoms with van der Waals surface area (Å²) in [5.74, 6) is 0. The van der Waals surface area contributed by atoms with Crippen LogP contribution in [0.1, 0.15) is 66.4 Å².